The summed E-state index contributed by atoms with van der Waals surface area (Å²) in [5.74, 6) is -0.948. The van der Waals surface area contributed by atoms with Gasteiger partial charge in [-0.25, -0.2) is 12.8 Å². The molecular weight excluding hydrogens is 451 g/mol. The minimum absolute atomic E-state index is 0.0828. The Hall–Kier alpha value is -3.19. The average molecular weight is 483 g/mol. The van der Waals surface area contributed by atoms with E-state index < -0.39 is 28.3 Å². The van der Waals surface area contributed by atoms with Crippen molar-refractivity contribution in [3.63, 3.8) is 0 Å². The first-order valence-corrected chi connectivity index (χ1v) is 12.6. The van der Waals surface area contributed by atoms with Crippen molar-refractivity contribution >= 4 is 21.6 Å². The molecule has 0 aliphatic carbocycles. The summed E-state index contributed by atoms with van der Waals surface area (Å²) >= 11 is 0. The number of nitrogens with one attached hydrogen (secondary N) is 1. The summed E-state index contributed by atoms with van der Waals surface area (Å²) in [4.78, 5) is 12.9. The van der Waals surface area contributed by atoms with Gasteiger partial charge in [0.1, 0.15) is 12.4 Å². The van der Waals surface area contributed by atoms with Crippen LogP contribution in [-0.4, -0.2) is 26.9 Å². The Morgan fingerprint density at radius 3 is 2.15 bits per heavy atom. The summed E-state index contributed by atoms with van der Waals surface area (Å²) < 4.78 is 41.2. The van der Waals surface area contributed by atoms with Crippen LogP contribution >= 0.6 is 0 Å². The molecule has 34 heavy (non-hydrogen) atoms. The number of sulfonamides is 1. The van der Waals surface area contributed by atoms with Crippen LogP contribution in [0.25, 0.3) is 0 Å². The zero-order valence-electron chi connectivity index (χ0n) is 20.0. The zero-order chi connectivity index (χ0) is 24.9. The Kier molecular flexibility index (Phi) is 7.77. The summed E-state index contributed by atoms with van der Waals surface area (Å²) in [5, 5.41) is 2.95. The number of hydrogen-bond donors (Lipinski definition) is 1. The van der Waals surface area contributed by atoms with Crippen LogP contribution in [0.3, 0.4) is 0 Å². The van der Waals surface area contributed by atoms with E-state index in [1.807, 2.05) is 32.0 Å². The summed E-state index contributed by atoms with van der Waals surface area (Å²) in [6, 6.07) is 21.3. The first-order valence-electron chi connectivity index (χ1n) is 11.2. The van der Waals surface area contributed by atoms with Crippen LogP contribution in [0.2, 0.25) is 0 Å². The van der Waals surface area contributed by atoms with E-state index >= 15 is 0 Å². The first-order chi connectivity index (χ1) is 16.0. The second kappa shape index (κ2) is 10.4. The van der Waals surface area contributed by atoms with Crippen molar-refractivity contribution in [2.24, 2.45) is 0 Å². The summed E-state index contributed by atoms with van der Waals surface area (Å²) in [7, 11) is -4.09. The number of carbonyl (C=O) groups excluding carboxylic acids is 1. The number of nitrogens with zero attached hydrogens (tertiary/aromatic N) is 1. The predicted octanol–water partition coefficient (Wildman–Crippen LogP) is 5.20. The number of amides is 1. The maximum atomic E-state index is 13.4. The molecule has 1 N–H and O–H groups in total. The Morgan fingerprint density at radius 1 is 0.971 bits per heavy atom. The molecule has 0 heterocycles. The second-order valence-corrected chi connectivity index (χ2v) is 11.1. The summed E-state index contributed by atoms with van der Waals surface area (Å²) in [6.45, 7) is 7.64. The quantitative estimate of drug-likeness (QED) is 0.456. The van der Waals surface area contributed by atoms with E-state index in [0.717, 1.165) is 27.6 Å². The van der Waals surface area contributed by atoms with E-state index in [0.29, 0.717) is 12.1 Å². The lowest BCUT2D eigenvalue weighted by Gasteiger charge is -2.30. The minimum Gasteiger partial charge on any atom is -0.352 e. The van der Waals surface area contributed by atoms with E-state index in [9.17, 15) is 17.6 Å². The van der Waals surface area contributed by atoms with Crippen LogP contribution in [0.4, 0.5) is 10.1 Å². The van der Waals surface area contributed by atoms with E-state index in [2.05, 4.69) is 31.3 Å². The molecule has 0 spiro atoms. The molecule has 0 bridgehead atoms. The Labute approximate surface area is 201 Å². The molecule has 3 aromatic carbocycles. The van der Waals surface area contributed by atoms with Crippen LogP contribution in [-0.2, 0) is 20.2 Å². The first kappa shape index (κ1) is 25.4. The van der Waals surface area contributed by atoms with Gasteiger partial charge in [-0.05, 0) is 67.6 Å². The van der Waals surface area contributed by atoms with E-state index in [1.165, 1.54) is 12.1 Å². The maximum Gasteiger partial charge on any atom is 0.264 e. The average Bonchev–Trinajstić information content (AvgIpc) is 2.78. The van der Waals surface area contributed by atoms with Gasteiger partial charge in [-0.3, -0.25) is 9.10 Å². The third kappa shape index (κ3) is 6.23. The van der Waals surface area contributed by atoms with Crippen LogP contribution in [0, 0.1) is 12.7 Å². The fourth-order valence-corrected chi connectivity index (χ4v) is 5.46. The fourth-order valence-electron chi connectivity index (χ4n) is 4.03. The van der Waals surface area contributed by atoms with E-state index in [4.69, 9.17) is 0 Å². The van der Waals surface area contributed by atoms with Gasteiger partial charge in [0.05, 0.1) is 10.6 Å². The highest BCUT2D eigenvalue weighted by molar-refractivity contribution is 7.92. The SMILES string of the molecule is Cc1ccc(N(CC(=O)NC(C)CC(C)(C)c2ccccc2)S(=O)(=O)c2ccc(F)cc2)cc1. The normalized spacial score (nSPS) is 12.7. The molecule has 0 aliphatic rings. The molecule has 0 saturated heterocycles. The second-order valence-electron chi connectivity index (χ2n) is 9.22. The molecule has 1 atom stereocenters. The van der Waals surface area contributed by atoms with Gasteiger partial charge in [-0.1, -0.05) is 61.9 Å². The molecule has 0 saturated carbocycles. The van der Waals surface area contributed by atoms with Gasteiger partial charge in [0, 0.05) is 6.04 Å². The van der Waals surface area contributed by atoms with Crippen LogP contribution in [0.1, 0.15) is 38.3 Å². The molecular formula is C27H31FN2O3S. The van der Waals surface area contributed by atoms with Gasteiger partial charge < -0.3 is 5.32 Å². The van der Waals surface area contributed by atoms with Crippen molar-refractivity contribution in [1.82, 2.24) is 5.32 Å². The lowest BCUT2D eigenvalue weighted by molar-refractivity contribution is -0.120. The molecule has 0 aromatic heterocycles. The van der Waals surface area contributed by atoms with Crippen LogP contribution < -0.4 is 9.62 Å². The van der Waals surface area contributed by atoms with Crippen molar-refractivity contribution < 1.29 is 17.6 Å². The number of aryl methyl sites for hydroxylation is 1. The highest BCUT2D eigenvalue weighted by atomic mass is 32.2. The molecule has 7 heteroatoms. The van der Waals surface area contributed by atoms with Crippen LogP contribution in [0.5, 0.6) is 0 Å². The molecule has 3 rings (SSSR count). The fraction of sp³-hybridized carbons (Fsp3) is 0.296. The Bertz CT molecular complexity index is 1210. The molecule has 0 fully saturated rings. The standard InChI is InChI=1S/C27H31FN2O3S/c1-20-10-14-24(15-11-20)30(34(32,33)25-16-12-23(28)13-17-25)19-26(31)29-21(2)18-27(3,4)22-8-6-5-7-9-22/h5-17,21H,18-19H2,1-4H3,(H,29,31). The van der Waals surface area contributed by atoms with Crippen molar-refractivity contribution in [1.29, 1.82) is 0 Å². The number of benzene rings is 3. The minimum atomic E-state index is -4.09. The molecule has 3 aromatic rings. The predicted molar refractivity (Wildman–Crippen MR) is 134 cm³/mol. The van der Waals surface area contributed by atoms with E-state index in [-0.39, 0.29) is 16.4 Å². The Balaban J connectivity index is 1.80. The number of rotatable bonds is 9. The number of halogens is 1. The number of anilines is 1. The highest BCUT2D eigenvalue weighted by Crippen LogP contribution is 2.28. The summed E-state index contributed by atoms with van der Waals surface area (Å²) in [5.41, 5.74) is 2.31. The van der Waals surface area contributed by atoms with Gasteiger partial charge in [-0.15, -0.1) is 0 Å². The maximum absolute atomic E-state index is 13.4. The van der Waals surface area contributed by atoms with Crippen molar-refractivity contribution in [2.75, 3.05) is 10.8 Å². The topological polar surface area (TPSA) is 66.5 Å². The molecule has 1 unspecified atom stereocenters. The molecule has 5 nitrogen and oxygen atoms in total. The number of carbonyl (C=O) groups is 1. The van der Waals surface area contributed by atoms with Gasteiger partial charge in [0.2, 0.25) is 5.91 Å². The smallest absolute Gasteiger partial charge is 0.264 e. The molecule has 1 amide bonds. The Morgan fingerprint density at radius 2 is 1.56 bits per heavy atom. The zero-order valence-corrected chi connectivity index (χ0v) is 20.8. The largest absolute Gasteiger partial charge is 0.352 e. The van der Waals surface area contributed by atoms with Gasteiger partial charge in [0.25, 0.3) is 10.0 Å². The molecule has 0 radical (unpaired) electrons. The lowest BCUT2D eigenvalue weighted by atomic mass is 9.79. The molecule has 0 aliphatic heterocycles. The van der Waals surface area contributed by atoms with Crippen molar-refractivity contribution in [2.45, 2.75) is 50.5 Å². The van der Waals surface area contributed by atoms with Gasteiger partial charge >= 0.3 is 0 Å². The van der Waals surface area contributed by atoms with Gasteiger partial charge in [-0.2, -0.15) is 0 Å². The monoisotopic (exact) mass is 482 g/mol. The lowest BCUT2D eigenvalue weighted by Crippen LogP contribution is -2.45. The summed E-state index contributed by atoms with van der Waals surface area (Å²) in [6.07, 6.45) is 0.679. The highest BCUT2D eigenvalue weighted by Gasteiger charge is 2.29. The van der Waals surface area contributed by atoms with E-state index in [1.54, 1.807) is 24.3 Å². The van der Waals surface area contributed by atoms with Crippen molar-refractivity contribution in [3.05, 3.63) is 95.8 Å². The van der Waals surface area contributed by atoms with Crippen molar-refractivity contribution in [3.8, 4) is 0 Å². The third-order valence-electron chi connectivity index (χ3n) is 5.79. The number of hydrogen-bond acceptors (Lipinski definition) is 3. The molecule has 180 valence electrons. The third-order valence-corrected chi connectivity index (χ3v) is 7.58. The van der Waals surface area contributed by atoms with Crippen LogP contribution in [0.15, 0.2) is 83.8 Å². The van der Waals surface area contributed by atoms with Gasteiger partial charge in [0.15, 0.2) is 0 Å².